The van der Waals surface area contributed by atoms with Gasteiger partial charge in [-0.3, -0.25) is 24.0 Å². The van der Waals surface area contributed by atoms with Gasteiger partial charge in [-0.05, 0) is 49.4 Å². The highest BCUT2D eigenvalue weighted by Crippen LogP contribution is 2.47. The van der Waals surface area contributed by atoms with E-state index in [4.69, 9.17) is 0 Å². The van der Waals surface area contributed by atoms with E-state index in [0.29, 0.717) is 28.0 Å². The second kappa shape index (κ2) is 9.95. The van der Waals surface area contributed by atoms with E-state index in [1.165, 1.54) is 6.92 Å². The first-order valence-corrected chi connectivity index (χ1v) is 13.6. The topological polar surface area (TPSA) is 91.8 Å². The molecular formula is C32H23BrN2O5. The average Bonchev–Trinajstić information content (AvgIpc) is 3.44. The van der Waals surface area contributed by atoms with Crippen molar-refractivity contribution in [2.24, 2.45) is 11.8 Å². The molecule has 0 aliphatic carbocycles. The normalized spacial score (nSPS) is 23.1. The van der Waals surface area contributed by atoms with E-state index in [2.05, 4.69) is 15.9 Å². The first kappa shape index (κ1) is 25.8. The van der Waals surface area contributed by atoms with Crippen molar-refractivity contribution in [1.82, 2.24) is 4.90 Å². The van der Waals surface area contributed by atoms with Gasteiger partial charge < -0.3 is 4.90 Å². The van der Waals surface area contributed by atoms with Gasteiger partial charge in [-0.2, -0.15) is 0 Å². The van der Waals surface area contributed by atoms with Crippen LogP contribution in [0.3, 0.4) is 0 Å². The predicted octanol–water partition coefficient (Wildman–Crippen LogP) is 5.03. The number of ketones is 3. The van der Waals surface area contributed by atoms with Crippen LogP contribution in [0, 0.1) is 11.8 Å². The number of allylic oxidation sites excluding steroid dienone is 2. The number of Topliss-reactive ketones (excluding diaryl/α,β-unsaturated/α-hetero) is 3. The summed E-state index contributed by atoms with van der Waals surface area (Å²) in [5.74, 6) is -3.35. The van der Waals surface area contributed by atoms with E-state index in [1.807, 2.05) is 6.07 Å². The molecule has 3 aromatic carbocycles. The highest BCUT2D eigenvalue weighted by Gasteiger charge is 2.63. The van der Waals surface area contributed by atoms with Crippen molar-refractivity contribution in [2.75, 3.05) is 4.90 Å². The number of hydrogen-bond acceptors (Lipinski definition) is 6. The molecule has 3 heterocycles. The van der Waals surface area contributed by atoms with Crippen LogP contribution in [0.25, 0.3) is 0 Å². The lowest BCUT2D eigenvalue weighted by molar-refractivity contribution is -0.123. The molecule has 0 bridgehead atoms. The quantitative estimate of drug-likeness (QED) is 0.293. The fourth-order valence-electron chi connectivity index (χ4n) is 5.84. The second-order valence-electron chi connectivity index (χ2n) is 10.1. The van der Waals surface area contributed by atoms with Crippen LogP contribution < -0.4 is 4.90 Å². The van der Waals surface area contributed by atoms with E-state index in [0.717, 1.165) is 9.37 Å². The Morgan fingerprint density at radius 1 is 0.750 bits per heavy atom. The molecule has 2 saturated heterocycles. The number of fused-ring (bicyclic) bond motifs is 3. The number of anilines is 1. The molecule has 8 heteroatoms. The largest absolute Gasteiger partial charge is 0.359 e. The smallest absolute Gasteiger partial charge is 0.240 e. The molecule has 3 aliphatic rings. The van der Waals surface area contributed by atoms with Gasteiger partial charge in [0.05, 0.1) is 23.6 Å². The molecule has 198 valence electrons. The fourth-order valence-corrected chi connectivity index (χ4v) is 6.10. The maximum Gasteiger partial charge on any atom is 0.240 e. The first-order valence-electron chi connectivity index (χ1n) is 12.8. The van der Waals surface area contributed by atoms with Crippen molar-refractivity contribution in [2.45, 2.75) is 19.0 Å². The lowest BCUT2D eigenvalue weighted by Gasteiger charge is -2.32. The Hall–Kier alpha value is -4.43. The van der Waals surface area contributed by atoms with Crippen molar-refractivity contribution in [3.8, 4) is 0 Å². The molecule has 0 aromatic heterocycles. The van der Waals surface area contributed by atoms with Crippen molar-refractivity contribution < 1.29 is 24.0 Å². The minimum Gasteiger partial charge on any atom is -0.359 e. The summed E-state index contributed by atoms with van der Waals surface area (Å²) in [5.41, 5.74) is 2.12. The number of imide groups is 1. The first-order chi connectivity index (χ1) is 19.3. The zero-order chi connectivity index (χ0) is 28.1. The molecule has 40 heavy (non-hydrogen) atoms. The molecule has 3 aliphatic heterocycles. The van der Waals surface area contributed by atoms with Gasteiger partial charge in [-0.25, -0.2) is 4.90 Å². The molecule has 0 unspecified atom stereocenters. The van der Waals surface area contributed by atoms with Crippen LogP contribution in [0.15, 0.2) is 107 Å². The van der Waals surface area contributed by atoms with Crippen molar-refractivity contribution in [3.05, 3.63) is 124 Å². The molecular weight excluding hydrogens is 572 g/mol. The molecule has 6 rings (SSSR count). The van der Waals surface area contributed by atoms with Crippen LogP contribution in [0.5, 0.6) is 0 Å². The lowest BCUT2D eigenvalue weighted by Crippen LogP contribution is -2.46. The lowest BCUT2D eigenvalue weighted by atomic mass is 9.85. The van der Waals surface area contributed by atoms with Crippen molar-refractivity contribution >= 4 is 50.8 Å². The van der Waals surface area contributed by atoms with Crippen LogP contribution in [-0.2, 0) is 9.59 Å². The Labute approximate surface area is 238 Å². The average molecular weight is 595 g/mol. The summed E-state index contributed by atoms with van der Waals surface area (Å²) in [6, 6.07) is 20.4. The monoisotopic (exact) mass is 594 g/mol. The molecule has 2 fully saturated rings. The minimum atomic E-state index is -0.951. The van der Waals surface area contributed by atoms with Gasteiger partial charge in [0.1, 0.15) is 6.04 Å². The number of carbonyl (C=O) groups excluding carboxylic acids is 5. The van der Waals surface area contributed by atoms with Gasteiger partial charge in [0.15, 0.2) is 17.3 Å². The molecule has 3 aromatic rings. The number of amides is 2. The highest BCUT2D eigenvalue weighted by atomic mass is 79.9. The van der Waals surface area contributed by atoms with Gasteiger partial charge >= 0.3 is 0 Å². The zero-order valence-corrected chi connectivity index (χ0v) is 22.9. The second-order valence-corrected chi connectivity index (χ2v) is 11.0. The molecule has 0 spiro atoms. The van der Waals surface area contributed by atoms with Crippen LogP contribution in [0.2, 0.25) is 0 Å². The summed E-state index contributed by atoms with van der Waals surface area (Å²) in [6.07, 6.45) is 5.00. The van der Waals surface area contributed by atoms with E-state index in [9.17, 15) is 24.0 Å². The van der Waals surface area contributed by atoms with E-state index >= 15 is 0 Å². The summed E-state index contributed by atoms with van der Waals surface area (Å²) >= 11 is 3.38. The number of rotatable bonds is 6. The summed E-state index contributed by atoms with van der Waals surface area (Å²) in [7, 11) is 0. The third-order valence-corrected chi connectivity index (χ3v) is 8.30. The maximum atomic E-state index is 13.9. The Bertz CT molecular complexity index is 1630. The SMILES string of the molecule is CC(=O)c1ccc(N2C(=O)[C@@H]3[C@H](C2=O)[C@H](C(=O)c2ccc(Br)cc2)N2C=CC(C(=O)c4ccccc4)=C[C@@H]32)cc1. The summed E-state index contributed by atoms with van der Waals surface area (Å²) in [4.78, 5) is 69.6. The van der Waals surface area contributed by atoms with Gasteiger partial charge in [0, 0.05) is 32.9 Å². The Balaban J connectivity index is 1.42. The van der Waals surface area contributed by atoms with E-state index in [-0.39, 0.29) is 17.3 Å². The molecule has 7 nitrogen and oxygen atoms in total. The third kappa shape index (κ3) is 4.16. The minimum absolute atomic E-state index is 0.131. The number of halogens is 1. The van der Waals surface area contributed by atoms with Crippen LogP contribution in [-0.4, -0.2) is 46.1 Å². The Morgan fingerprint density at radius 2 is 1.38 bits per heavy atom. The van der Waals surface area contributed by atoms with Crippen LogP contribution >= 0.6 is 15.9 Å². The number of carbonyl (C=O) groups is 5. The number of benzene rings is 3. The predicted molar refractivity (Wildman–Crippen MR) is 152 cm³/mol. The number of hydrogen-bond donors (Lipinski definition) is 0. The van der Waals surface area contributed by atoms with E-state index < -0.39 is 35.7 Å². The van der Waals surface area contributed by atoms with Crippen molar-refractivity contribution in [3.63, 3.8) is 0 Å². The summed E-state index contributed by atoms with van der Waals surface area (Å²) in [5, 5.41) is 0. The summed E-state index contributed by atoms with van der Waals surface area (Å²) in [6.45, 7) is 1.44. The molecule has 0 saturated carbocycles. The van der Waals surface area contributed by atoms with E-state index in [1.54, 1.807) is 96.0 Å². The maximum absolute atomic E-state index is 13.9. The Morgan fingerprint density at radius 3 is 2.02 bits per heavy atom. The fraction of sp³-hybridized carbons (Fsp3) is 0.156. The van der Waals surface area contributed by atoms with Gasteiger partial charge in [0.2, 0.25) is 11.8 Å². The molecule has 2 amide bonds. The standard InChI is InChI=1S/C32H23BrN2O5/c1-18(36)19-9-13-24(14-10-19)35-31(39)26-25-17-22(29(37)20-5-3-2-4-6-20)15-16-34(25)28(27(26)32(35)40)30(38)21-7-11-23(33)12-8-21/h2-17,25-28H,1H3/t25-,26-,27-,28+/m0/s1. The molecule has 0 N–H and O–H groups in total. The summed E-state index contributed by atoms with van der Waals surface area (Å²) < 4.78 is 0.809. The number of nitrogens with zero attached hydrogens (tertiary/aromatic N) is 2. The molecule has 0 radical (unpaired) electrons. The molecule has 4 atom stereocenters. The highest BCUT2D eigenvalue weighted by molar-refractivity contribution is 9.10. The van der Waals surface area contributed by atoms with Gasteiger partial charge in [0.25, 0.3) is 0 Å². The zero-order valence-electron chi connectivity index (χ0n) is 21.4. The van der Waals surface area contributed by atoms with Gasteiger partial charge in [-0.15, -0.1) is 0 Å². The Kier molecular flexibility index (Phi) is 6.43. The van der Waals surface area contributed by atoms with Crippen LogP contribution in [0.1, 0.15) is 38.0 Å². The van der Waals surface area contributed by atoms with Gasteiger partial charge in [-0.1, -0.05) is 64.5 Å². The third-order valence-electron chi connectivity index (χ3n) is 7.78. The van der Waals surface area contributed by atoms with Crippen LogP contribution in [0.4, 0.5) is 5.69 Å². The van der Waals surface area contributed by atoms with Crippen molar-refractivity contribution in [1.29, 1.82) is 0 Å².